The van der Waals surface area contributed by atoms with Crippen LogP contribution in [0.1, 0.15) is 26.7 Å². The van der Waals surface area contributed by atoms with Crippen LogP contribution in [0.5, 0.6) is 0 Å². The van der Waals surface area contributed by atoms with Crippen LogP contribution in [0.25, 0.3) is 0 Å². The van der Waals surface area contributed by atoms with Crippen molar-refractivity contribution < 1.29 is 9.53 Å². The third-order valence-electron chi connectivity index (χ3n) is 3.02. The second-order valence-corrected chi connectivity index (χ2v) is 5.35. The molecule has 1 amide bonds. The van der Waals surface area contributed by atoms with Gasteiger partial charge >= 0.3 is 0 Å². The molecule has 0 saturated carbocycles. The minimum absolute atomic E-state index is 0.00269. The van der Waals surface area contributed by atoms with Gasteiger partial charge in [-0.3, -0.25) is 4.79 Å². The lowest BCUT2D eigenvalue weighted by molar-refractivity contribution is -0.123. The molecule has 3 N–H and O–H groups in total. The largest absolute Gasteiger partial charge is 0.380 e. The predicted molar refractivity (Wildman–Crippen MR) is 74.4 cm³/mol. The average Bonchev–Trinajstić information content (AvgIpc) is 2.30. The average molecular weight is 259 g/mol. The van der Waals surface area contributed by atoms with Gasteiger partial charge < -0.3 is 20.7 Å². The molecular weight excluding hydrogens is 230 g/mol. The summed E-state index contributed by atoms with van der Waals surface area (Å²) in [5.74, 6) is 0.618. The quantitative estimate of drug-likeness (QED) is 0.630. The molecule has 0 aliphatic heterocycles. The first-order chi connectivity index (χ1) is 8.40. The summed E-state index contributed by atoms with van der Waals surface area (Å²) < 4.78 is 5.09. The van der Waals surface area contributed by atoms with Crippen LogP contribution in [0.4, 0.5) is 0 Å². The summed E-state index contributed by atoms with van der Waals surface area (Å²) in [7, 11) is 5.65. The number of carbonyl (C=O) groups excluding carboxylic acids is 1. The number of carbonyl (C=O) groups is 1. The normalized spacial score (nSPS) is 14.9. The van der Waals surface area contributed by atoms with Gasteiger partial charge in [0, 0.05) is 26.2 Å². The van der Waals surface area contributed by atoms with E-state index in [1.807, 2.05) is 14.1 Å². The molecule has 0 aromatic carbocycles. The van der Waals surface area contributed by atoms with Crippen molar-refractivity contribution in [2.75, 3.05) is 34.3 Å². The van der Waals surface area contributed by atoms with Crippen LogP contribution in [0.15, 0.2) is 0 Å². The van der Waals surface area contributed by atoms with Crippen molar-refractivity contribution in [1.29, 1.82) is 0 Å². The van der Waals surface area contributed by atoms with Gasteiger partial charge in [0.25, 0.3) is 0 Å². The van der Waals surface area contributed by atoms with Crippen LogP contribution in [-0.2, 0) is 9.53 Å². The van der Waals surface area contributed by atoms with Gasteiger partial charge in [-0.15, -0.1) is 0 Å². The zero-order chi connectivity index (χ0) is 14.1. The van der Waals surface area contributed by atoms with Crippen LogP contribution >= 0.6 is 0 Å². The van der Waals surface area contributed by atoms with Crippen molar-refractivity contribution in [3.8, 4) is 0 Å². The number of likely N-dealkylation sites (N-methyl/N-ethyl adjacent to an activating group) is 1. The van der Waals surface area contributed by atoms with Crippen molar-refractivity contribution in [3.05, 3.63) is 0 Å². The third kappa shape index (κ3) is 7.63. The molecule has 108 valence electrons. The van der Waals surface area contributed by atoms with E-state index in [1.165, 1.54) is 0 Å². The number of hydrogen-bond acceptors (Lipinski definition) is 4. The van der Waals surface area contributed by atoms with E-state index >= 15 is 0 Å². The Hall–Kier alpha value is -0.650. The number of amides is 1. The van der Waals surface area contributed by atoms with Crippen molar-refractivity contribution >= 4 is 5.91 Å². The fourth-order valence-corrected chi connectivity index (χ4v) is 1.79. The van der Waals surface area contributed by atoms with Gasteiger partial charge in [-0.2, -0.15) is 0 Å². The lowest BCUT2D eigenvalue weighted by atomic mass is 10.0. The molecule has 0 aliphatic carbocycles. The fraction of sp³-hybridized carbons (Fsp3) is 0.923. The molecular formula is C13H29N3O2. The lowest BCUT2D eigenvalue weighted by Crippen LogP contribution is -2.42. The number of rotatable bonds is 9. The van der Waals surface area contributed by atoms with Gasteiger partial charge in [0.1, 0.15) is 0 Å². The van der Waals surface area contributed by atoms with E-state index in [2.05, 4.69) is 24.1 Å². The molecule has 5 heteroatoms. The second-order valence-electron chi connectivity index (χ2n) is 5.35. The predicted octanol–water partition coefficient (Wildman–Crippen LogP) is 0.443. The maximum absolute atomic E-state index is 11.7. The zero-order valence-electron chi connectivity index (χ0n) is 12.4. The minimum Gasteiger partial charge on any atom is -0.380 e. The standard InChI is InChI=1S/C13H29N3O2/c1-10(2)6-11(16(3)4)9-15-13(17)7-12(8-14)18-5/h10-12H,6-9,14H2,1-5H3,(H,15,17). The van der Waals surface area contributed by atoms with Crippen molar-refractivity contribution in [2.24, 2.45) is 11.7 Å². The van der Waals surface area contributed by atoms with E-state index in [0.717, 1.165) is 6.42 Å². The molecule has 0 aromatic heterocycles. The molecule has 0 rings (SSSR count). The highest BCUT2D eigenvalue weighted by atomic mass is 16.5. The molecule has 0 spiro atoms. The van der Waals surface area contributed by atoms with Crippen LogP contribution in [0.3, 0.4) is 0 Å². The molecule has 2 unspecified atom stereocenters. The van der Waals surface area contributed by atoms with E-state index in [9.17, 15) is 4.79 Å². The van der Waals surface area contributed by atoms with Gasteiger partial charge in [0.2, 0.25) is 5.91 Å². The number of methoxy groups -OCH3 is 1. The Morgan fingerprint density at radius 3 is 2.39 bits per heavy atom. The van der Waals surface area contributed by atoms with Crippen molar-refractivity contribution in [2.45, 2.75) is 38.8 Å². The van der Waals surface area contributed by atoms with Gasteiger partial charge in [-0.1, -0.05) is 13.8 Å². The molecule has 0 saturated heterocycles. The van der Waals surface area contributed by atoms with E-state index in [-0.39, 0.29) is 12.0 Å². The maximum atomic E-state index is 11.7. The monoisotopic (exact) mass is 259 g/mol. The van der Waals surface area contributed by atoms with Crippen molar-refractivity contribution in [1.82, 2.24) is 10.2 Å². The highest BCUT2D eigenvalue weighted by Gasteiger charge is 2.16. The topological polar surface area (TPSA) is 67.6 Å². The molecule has 0 fully saturated rings. The summed E-state index contributed by atoms with van der Waals surface area (Å²) in [6.07, 6.45) is 1.21. The summed E-state index contributed by atoms with van der Waals surface area (Å²) in [4.78, 5) is 13.9. The number of nitrogens with zero attached hydrogens (tertiary/aromatic N) is 1. The number of hydrogen-bond donors (Lipinski definition) is 2. The Labute approximate surface area is 111 Å². The number of nitrogens with two attached hydrogens (primary N) is 1. The maximum Gasteiger partial charge on any atom is 0.222 e. The Morgan fingerprint density at radius 2 is 2.00 bits per heavy atom. The van der Waals surface area contributed by atoms with Crippen LogP contribution in [0, 0.1) is 5.92 Å². The Balaban J connectivity index is 4.06. The van der Waals surface area contributed by atoms with E-state index in [0.29, 0.717) is 31.5 Å². The van der Waals surface area contributed by atoms with Crippen LogP contribution in [0.2, 0.25) is 0 Å². The zero-order valence-corrected chi connectivity index (χ0v) is 12.4. The summed E-state index contributed by atoms with van der Waals surface area (Å²) in [5.41, 5.74) is 5.49. The fourth-order valence-electron chi connectivity index (χ4n) is 1.79. The molecule has 5 nitrogen and oxygen atoms in total. The van der Waals surface area contributed by atoms with Crippen molar-refractivity contribution in [3.63, 3.8) is 0 Å². The first kappa shape index (κ1) is 17.4. The number of nitrogens with one attached hydrogen (secondary N) is 1. The summed E-state index contributed by atoms with van der Waals surface area (Å²) in [6, 6.07) is 0.368. The molecule has 2 atom stereocenters. The van der Waals surface area contributed by atoms with Gasteiger partial charge in [0.05, 0.1) is 12.5 Å². The Kier molecular flexibility index (Phi) is 8.97. The summed E-state index contributed by atoms with van der Waals surface area (Å²) in [5, 5.41) is 2.95. The van der Waals surface area contributed by atoms with Crippen LogP contribution in [-0.4, -0.2) is 57.2 Å². The molecule has 0 radical (unpaired) electrons. The highest BCUT2D eigenvalue weighted by Crippen LogP contribution is 2.08. The third-order valence-corrected chi connectivity index (χ3v) is 3.02. The Morgan fingerprint density at radius 1 is 1.39 bits per heavy atom. The molecule has 0 heterocycles. The molecule has 0 aliphatic rings. The molecule has 18 heavy (non-hydrogen) atoms. The summed E-state index contributed by atoms with van der Waals surface area (Å²) in [6.45, 7) is 5.42. The van der Waals surface area contributed by atoms with Crippen LogP contribution < -0.4 is 11.1 Å². The Bertz CT molecular complexity index is 228. The van der Waals surface area contributed by atoms with Gasteiger partial charge in [-0.25, -0.2) is 0 Å². The summed E-state index contributed by atoms with van der Waals surface area (Å²) >= 11 is 0. The second kappa shape index (κ2) is 9.30. The smallest absolute Gasteiger partial charge is 0.222 e. The minimum atomic E-state index is -0.187. The molecule has 0 aromatic rings. The van der Waals surface area contributed by atoms with Gasteiger partial charge in [0.15, 0.2) is 0 Å². The molecule has 0 bridgehead atoms. The first-order valence-corrected chi connectivity index (χ1v) is 6.56. The SMILES string of the molecule is COC(CN)CC(=O)NCC(CC(C)C)N(C)C. The highest BCUT2D eigenvalue weighted by molar-refractivity contribution is 5.76. The first-order valence-electron chi connectivity index (χ1n) is 6.56. The van der Waals surface area contributed by atoms with E-state index in [1.54, 1.807) is 7.11 Å². The van der Waals surface area contributed by atoms with E-state index in [4.69, 9.17) is 10.5 Å². The van der Waals surface area contributed by atoms with E-state index < -0.39 is 0 Å². The number of ether oxygens (including phenoxy) is 1. The van der Waals surface area contributed by atoms with Gasteiger partial charge in [-0.05, 0) is 26.4 Å². The lowest BCUT2D eigenvalue weighted by Gasteiger charge is -2.26.